The number of aliphatic carboxylic acids is 1. The van der Waals surface area contributed by atoms with Crippen LogP contribution in [0.2, 0.25) is 0 Å². The number of carbonyl (C=O) groups is 5. The number of carboxylic acid groups (broad SMARTS) is 1. The molecular formula is C28H41NO9. The molecule has 0 heterocycles. The molecule has 0 saturated carbocycles. The standard InChI is InChI=1S/C28H41NO9/c1-17(2)14-20(29-26(35)38-28(6,7)8)21(30)15-19(22(23(31)32)25(34)37-27(3,4)5)24(33)36-16-18-12-10-9-11-13-18/h9-13,17,19-20,22H,14-16H2,1-8H3,(H,29,35)(H,31,32)/t19-,20+,22?/m0/s1. The number of benzene rings is 1. The molecule has 0 aliphatic heterocycles. The second-order valence-corrected chi connectivity index (χ2v) is 11.5. The summed E-state index contributed by atoms with van der Waals surface area (Å²) in [7, 11) is 0. The van der Waals surface area contributed by atoms with Gasteiger partial charge < -0.3 is 24.6 Å². The molecule has 38 heavy (non-hydrogen) atoms. The van der Waals surface area contributed by atoms with Crippen molar-refractivity contribution in [2.45, 2.75) is 92.1 Å². The highest BCUT2D eigenvalue weighted by molar-refractivity contribution is 6.00. The first-order chi connectivity index (χ1) is 17.4. The first-order valence-corrected chi connectivity index (χ1v) is 12.6. The Hall–Kier alpha value is -3.43. The third-order valence-corrected chi connectivity index (χ3v) is 5.06. The van der Waals surface area contributed by atoms with Crippen LogP contribution in [0.4, 0.5) is 4.79 Å². The molecule has 1 amide bonds. The summed E-state index contributed by atoms with van der Waals surface area (Å²) in [5.74, 6) is -8.20. The molecular weight excluding hydrogens is 494 g/mol. The van der Waals surface area contributed by atoms with Crippen LogP contribution in [0.15, 0.2) is 30.3 Å². The van der Waals surface area contributed by atoms with Gasteiger partial charge in [-0.2, -0.15) is 0 Å². The highest BCUT2D eigenvalue weighted by atomic mass is 16.6. The van der Waals surface area contributed by atoms with Crippen molar-refractivity contribution < 1.29 is 43.3 Å². The quantitative estimate of drug-likeness (QED) is 0.227. The van der Waals surface area contributed by atoms with Gasteiger partial charge in [0.1, 0.15) is 17.8 Å². The Kier molecular flexibility index (Phi) is 11.9. The van der Waals surface area contributed by atoms with Gasteiger partial charge in [-0.1, -0.05) is 44.2 Å². The Morgan fingerprint density at radius 3 is 1.89 bits per heavy atom. The number of ketones is 1. The van der Waals surface area contributed by atoms with Gasteiger partial charge in [0.15, 0.2) is 11.7 Å². The molecule has 1 aromatic carbocycles. The van der Waals surface area contributed by atoms with E-state index in [1.54, 1.807) is 71.9 Å². The molecule has 3 atom stereocenters. The fourth-order valence-corrected chi connectivity index (χ4v) is 3.53. The van der Waals surface area contributed by atoms with Crippen LogP contribution in [0, 0.1) is 17.8 Å². The van der Waals surface area contributed by atoms with Crippen molar-refractivity contribution in [2.75, 3.05) is 0 Å². The number of carbonyl (C=O) groups excluding carboxylic acids is 4. The van der Waals surface area contributed by atoms with Gasteiger partial charge in [0.25, 0.3) is 0 Å². The van der Waals surface area contributed by atoms with E-state index >= 15 is 0 Å². The lowest BCUT2D eigenvalue weighted by Gasteiger charge is -2.27. The third-order valence-electron chi connectivity index (χ3n) is 5.06. The number of hydrogen-bond acceptors (Lipinski definition) is 8. The molecule has 0 spiro atoms. The zero-order chi connectivity index (χ0) is 29.3. The second kappa shape index (κ2) is 13.9. The Bertz CT molecular complexity index is 974. The number of hydrogen-bond donors (Lipinski definition) is 2. The fourth-order valence-electron chi connectivity index (χ4n) is 3.53. The molecule has 212 valence electrons. The van der Waals surface area contributed by atoms with Crippen molar-refractivity contribution in [2.24, 2.45) is 17.8 Å². The molecule has 10 heteroatoms. The summed E-state index contributed by atoms with van der Waals surface area (Å²) < 4.78 is 15.8. The van der Waals surface area contributed by atoms with E-state index in [-0.39, 0.29) is 18.9 Å². The van der Waals surface area contributed by atoms with E-state index in [0.29, 0.717) is 5.56 Å². The van der Waals surface area contributed by atoms with Gasteiger partial charge in [0.05, 0.1) is 12.0 Å². The van der Waals surface area contributed by atoms with Crippen molar-refractivity contribution in [3.63, 3.8) is 0 Å². The van der Waals surface area contributed by atoms with Crippen molar-refractivity contribution in [1.82, 2.24) is 5.32 Å². The Morgan fingerprint density at radius 2 is 1.42 bits per heavy atom. The predicted molar refractivity (Wildman–Crippen MR) is 139 cm³/mol. The number of esters is 2. The first kappa shape index (κ1) is 32.6. The van der Waals surface area contributed by atoms with Gasteiger partial charge in [-0.3, -0.25) is 19.2 Å². The maximum absolute atomic E-state index is 13.4. The average molecular weight is 536 g/mol. The summed E-state index contributed by atoms with van der Waals surface area (Å²) >= 11 is 0. The number of amides is 1. The van der Waals surface area contributed by atoms with Crippen LogP contribution in [0.3, 0.4) is 0 Å². The number of Topliss-reactive ketones (excluding diaryl/α,β-unsaturated/α-hetero) is 1. The normalized spacial score (nSPS) is 14.1. The molecule has 1 aromatic rings. The monoisotopic (exact) mass is 535 g/mol. The van der Waals surface area contributed by atoms with E-state index < -0.39 is 65.3 Å². The Balaban J connectivity index is 3.29. The van der Waals surface area contributed by atoms with E-state index in [9.17, 15) is 29.1 Å². The minimum Gasteiger partial charge on any atom is -0.481 e. The van der Waals surface area contributed by atoms with Gasteiger partial charge in [-0.15, -0.1) is 0 Å². The maximum Gasteiger partial charge on any atom is 0.408 e. The highest BCUT2D eigenvalue weighted by Gasteiger charge is 2.45. The van der Waals surface area contributed by atoms with Crippen molar-refractivity contribution >= 4 is 29.8 Å². The van der Waals surface area contributed by atoms with Gasteiger partial charge in [0.2, 0.25) is 0 Å². The third kappa shape index (κ3) is 12.2. The van der Waals surface area contributed by atoms with E-state index in [4.69, 9.17) is 14.2 Å². The molecule has 0 bridgehead atoms. The van der Waals surface area contributed by atoms with Crippen LogP contribution in [-0.4, -0.2) is 52.1 Å². The van der Waals surface area contributed by atoms with E-state index in [1.807, 2.05) is 13.8 Å². The molecule has 0 aromatic heterocycles. The minimum atomic E-state index is -2.00. The summed E-state index contributed by atoms with van der Waals surface area (Å²) in [4.78, 5) is 64.0. The minimum absolute atomic E-state index is 0.0384. The van der Waals surface area contributed by atoms with Crippen molar-refractivity contribution in [3.05, 3.63) is 35.9 Å². The molecule has 0 aliphatic carbocycles. The summed E-state index contributed by atoms with van der Waals surface area (Å²) in [5, 5.41) is 12.4. The summed E-state index contributed by atoms with van der Waals surface area (Å²) in [6.45, 7) is 13.2. The lowest BCUT2D eigenvalue weighted by atomic mass is 9.85. The molecule has 1 unspecified atom stereocenters. The largest absolute Gasteiger partial charge is 0.481 e. The fraction of sp³-hybridized carbons (Fsp3) is 0.607. The Labute approximate surface area is 224 Å². The molecule has 10 nitrogen and oxygen atoms in total. The molecule has 0 aliphatic rings. The van der Waals surface area contributed by atoms with Crippen LogP contribution >= 0.6 is 0 Å². The lowest BCUT2D eigenvalue weighted by Crippen LogP contribution is -2.47. The molecule has 0 radical (unpaired) electrons. The van der Waals surface area contributed by atoms with E-state index in [1.165, 1.54) is 0 Å². The van der Waals surface area contributed by atoms with Gasteiger partial charge in [-0.05, 0) is 59.4 Å². The van der Waals surface area contributed by atoms with Crippen LogP contribution in [0.25, 0.3) is 0 Å². The highest BCUT2D eigenvalue weighted by Crippen LogP contribution is 2.25. The summed E-state index contributed by atoms with van der Waals surface area (Å²) in [6.07, 6.45) is -1.30. The summed E-state index contributed by atoms with van der Waals surface area (Å²) in [6, 6.07) is 7.59. The zero-order valence-corrected chi connectivity index (χ0v) is 23.5. The van der Waals surface area contributed by atoms with E-state index in [2.05, 4.69) is 5.32 Å². The maximum atomic E-state index is 13.4. The van der Waals surface area contributed by atoms with Crippen molar-refractivity contribution in [3.8, 4) is 0 Å². The van der Waals surface area contributed by atoms with Crippen molar-refractivity contribution in [1.29, 1.82) is 0 Å². The van der Waals surface area contributed by atoms with E-state index in [0.717, 1.165) is 0 Å². The first-order valence-electron chi connectivity index (χ1n) is 12.6. The zero-order valence-electron chi connectivity index (χ0n) is 23.5. The number of ether oxygens (including phenoxy) is 3. The predicted octanol–water partition coefficient (Wildman–Crippen LogP) is 4.29. The Morgan fingerprint density at radius 1 is 0.868 bits per heavy atom. The van der Waals surface area contributed by atoms with Crippen LogP contribution < -0.4 is 5.32 Å². The number of carboxylic acids is 1. The SMILES string of the molecule is CC(C)C[C@@H](NC(=O)OC(C)(C)C)C(=O)C[C@H](C(=O)OCc1ccccc1)C(C(=O)O)C(=O)OC(C)(C)C. The lowest BCUT2D eigenvalue weighted by molar-refractivity contribution is -0.176. The number of rotatable bonds is 12. The summed E-state index contributed by atoms with van der Waals surface area (Å²) in [5.41, 5.74) is -1.21. The van der Waals surface area contributed by atoms with Gasteiger partial charge in [0, 0.05) is 6.42 Å². The molecule has 0 fully saturated rings. The number of alkyl carbamates (subject to hydrolysis) is 1. The molecule has 1 rings (SSSR count). The topological polar surface area (TPSA) is 145 Å². The van der Waals surface area contributed by atoms with Crippen LogP contribution in [-0.2, 0) is 40.0 Å². The molecule has 2 N–H and O–H groups in total. The van der Waals surface area contributed by atoms with Crippen LogP contribution in [0.1, 0.15) is 73.8 Å². The smallest absolute Gasteiger partial charge is 0.408 e. The molecule has 0 saturated heterocycles. The average Bonchev–Trinajstić information content (AvgIpc) is 2.74. The van der Waals surface area contributed by atoms with Gasteiger partial charge in [-0.25, -0.2) is 4.79 Å². The van der Waals surface area contributed by atoms with Crippen LogP contribution in [0.5, 0.6) is 0 Å². The number of nitrogens with one attached hydrogen (secondary N) is 1. The second-order valence-electron chi connectivity index (χ2n) is 11.5. The van der Waals surface area contributed by atoms with Gasteiger partial charge >= 0.3 is 24.0 Å².